The second-order valence-corrected chi connectivity index (χ2v) is 6.79. The summed E-state index contributed by atoms with van der Waals surface area (Å²) < 4.78 is 15.2. The maximum Gasteiger partial charge on any atom is 0.357 e. The first-order valence-corrected chi connectivity index (χ1v) is 9.01. The van der Waals surface area contributed by atoms with E-state index in [1.54, 1.807) is 35.6 Å². The zero-order valence-corrected chi connectivity index (χ0v) is 15.7. The third-order valence-corrected chi connectivity index (χ3v) is 4.97. The summed E-state index contributed by atoms with van der Waals surface area (Å²) in [6.07, 6.45) is 1.92. The van der Waals surface area contributed by atoms with Crippen molar-refractivity contribution >= 4 is 23.2 Å². The number of rotatable bonds is 7. The summed E-state index contributed by atoms with van der Waals surface area (Å²) in [6, 6.07) is 5.31. The summed E-state index contributed by atoms with van der Waals surface area (Å²) >= 11 is 1.34. The van der Waals surface area contributed by atoms with Crippen LogP contribution < -0.4 is 9.47 Å². The molecular weight excluding hydrogens is 356 g/mol. The van der Waals surface area contributed by atoms with Crippen LogP contribution in [0.5, 0.6) is 11.5 Å². The third-order valence-electron chi connectivity index (χ3n) is 4.14. The van der Waals surface area contributed by atoms with Crippen molar-refractivity contribution in [3.8, 4) is 11.5 Å². The Morgan fingerprint density at radius 3 is 2.62 bits per heavy atom. The highest BCUT2D eigenvalue weighted by molar-refractivity contribution is 7.09. The van der Waals surface area contributed by atoms with Crippen LogP contribution in [0, 0.1) is 0 Å². The van der Waals surface area contributed by atoms with Crippen molar-refractivity contribution in [3.63, 3.8) is 0 Å². The number of amides is 1. The number of methoxy groups -OCH3 is 3. The van der Waals surface area contributed by atoms with Crippen LogP contribution in [-0.2, 0) is 11.3 Å². The number of esters is 1. The fourth-order valence-corrected chi connectivity index (χ4v) is 3.37. The normalized spacial score (nSPS) is 13.2. The Balaban J connectivity index is 1.83. The number of benzene rings is 1. The summed E-state index contributed by atoms with van der Waals surface area (Å²) in [6.45, 7) is 0.348. The smallest absolute Gasteiger partial charge is 0.357 e. The van der Waals surface area contributed by atoms with E-state index in [0.717, 1.165) is 12.8 Å². The molecule has 2 aromatic rings. The summed E-state index contributed by atoms with van der Waals surface area (Å²) in [7, 11) is 4.40. The molecule has 0 radical (unpaired) electrons. The molecule has 0 spiro atoms. The van der Waals surface area contributed by atoms with E-state index in [0.29, 0.717) is 28.6 Å². The molecule has 1 fully saturated rings. The molecule has 1 heterocycles. The first-order chi connectivity index (χ1) is 12.6. The number of nitrogens with zero attached hydrogens (tertiary/aromatic N) is 2. The quantitative estimate of drug-likeness (QED) is 0.692. The van der Waals surface area contributed by atoms with Crippen LogP contribution in [0.15, 0.2) is 23.6 Å². The van der Waals surface area contributed by atoms with Crippen LogP contribution in [-0.4, -0.2) is 49.1 Å². The van der Waals surface area contributed by atoms with Gasteiger partial charge in [0, 0.05) is 17.5 Å². The first kappa shape index (κ1) is 18.2. The Kier molecular flexibility index (Phi) is 5.41. The number of aromatic nitrogens is 1. The number of hydrogen-bond acceptors (Lipinski definition) is 7. The lowest BCUT2D eigenvalue weighted by Crippen LogP contribution is -2.32. The molecule has 1 aromatic carbocycles. The van der Waals surface area contributed by atoms with E-state index < -0.39 is 5.97 Å². The zero-order valence-electron chi connectivity index (χ0n) is 14.9. The van der Waals surface area contributed by atoms with E-state index in [-0.39, 0.29) is 17.6 Å². The molecule has 0 aliphatic heterocycles. The molecular formula is C18H20N2O5S. The van der Waals surface area contributed by atoms with E-state index in [1.807, 2.05) is 0 Å². The lowest BCUT2D eigenvalue weighted by atomic mass is 10.1. The molecule has 0 N–H and O–H groups in total. The number of ether oxygens (including phenoxy) is 3. The molecule has 3 rings (SSSR count). The van der Waals surface area contributed by atoms with Crippen LogP contribution in [0.2, 0.25) is 0 Å². The maximum atomic E-state index is 13.1. The molecule has 0 atom stereocenters. The van der Waals surface area contributed by atoms with Crippen molar-refractivity contribution < 1.29 is 23.8 Å². The van der Waals surface area contributed by atoms with Crippen molar-refractivity contribution in [3.05, 3.63) is 39.8 Å². The second kappa shape index (κ2) is 7.74. The van der Waals surface area contributed by atoms with Crippen LogP contribution in [0.1, 0.15) is 38.7 Å². The molecule has 1 aliphatic rings. The largest absolute Gasteiger partial charge is 0.497 e. The van der Waals surface area contributed by atoms with E-state index >= 15 is 0 Å². The van der Waals surface area contributed by atoms with Gasteiger partial charge in [-0.15, -0.1) is 11.3 Å². The van der Waals surface area contributed by atoms with E-state index in [4.69, 9.17) is 9.47 Å². The molecule has 1 aromatic heterocycles. The fourth-order valence-electron chi connectivity index (χ4n) is 2.61. The second-order valence-electron chi connectivity index (χ2n) is 5.85. The highest BCUT2D eigenvalue weighted by Crippen LogP contribution is 2.33. The Morgan fingerprint density at radius 1 is 1.23 bits per heavy atom. The summed E-state index contributed by atoms with van der Waals surface area (Å²) in [5.74, 6) is 0.490. The predicted molar refractivity (Wildman–Crippen MR) is 95.9 cm³/mol. The minimum absolute atomic E-state index is 0.123. The lowest BCUT2D eigenvalue weighted by Gasteiger charge is -2.22. The van der Waals surface area contributed by atoms with Crippen LogP contribution in [0.25, 0.3) is 0 Å². The minimum atomic E-state index is -0.478. The predicted octanol–water partition coefficient (Wildman–Crippen LogP) is 2.75. The number of carbonyl (C=O) groups excluding carboxylic acids is 2. The monoisotopic (exact) mass is 376 g/mol. The highest BCUT2D eigenvalue weighted by Gasteiger charge is 2.35. The van der Waals surface area contributed by atoms with Crippen molar-refractivity contribution in [2.24, 2.45) is 0 Å². The lowest BCUT2D eigenvalue weighted by molar-refractivity contribution is 0.0594. The zero-order chi connectivity index (χ0) is 18.7. The van der Waals surface area contributed by atoms with Gasteiger partial charge in [0.05, 0.1) is 33.4 Å². The van der Waals surface area contributed by atoms with Crippen molar-refractivity contribution in [1.29, 1.82) is 0 Å². The van der Waals surface area contributed by atoms with Gasteiger partial charge in [-0.2, -0.15) is 0 Å². The molecule has 0 bridgehead atoms. The van der Waals surface area contributed by atoms with Crippen molar-refractivity contribution in [2.45, 2.75) is 25.4 Å². The molecule has 1 amide bonds. The van der Waals surface area contributed by atoms with Crippen LogP contribution >= 0.6 is 11.3 Å². The Labute approximate surface area is 155 Å². The molecule has 26 heavy (non-hydrogen) atoms. The third kappa shape index (κ3) is 3.80. The number of hydrogen-bond donors (Lipinski definition) is 0. The topological polar surface area (TPSA) is 78.0 Å². The molecule has 7 nitrogen and oxygen atoms in total. The number of carbonyl (C=O) groups is 2. The standard InChI is InChI=1S/C18H20N2O5S/c1-23-12-6-7-13(15(8-12)24-2)17(21)20(11-4-5-11)9-16-19-14(10-26-16)18(22)25-3/h6-8,10-11H,4-5,9H2,1-3H3. The van der Waals surface area contributed by atoms with E-state index in [2.05, 4.69) is 9.72 Å². The molecule has 1 aliphatic carbocycles. The summed E-state index contributed by atoms with van der Waals surface area (Å²) in [5.41, 5.74) is 0.739. The Bertz CT molecular complexity index is 816. The summed E-state index contributed by atoms with van der Waals surface area (Å²) in [5, 5.41) is 2.34. The molecule has 0 saturated heterocycles. The van der Waals surface area contributed by atoms with E-state index in [1.165, 1.54) is 25.6 Å². The Hall–Kier alpha value is -2.61. The first-order valence-electron chi connectivity index (χ1n) is 8.13. The Morgan fingerprint density at radius 2 is 2.00 bits per heavy atom. The molecule has 1 saturated carbocycles. The molecule has 138 valence electrons. The van der Waals surface area contributed by atoms with Gasteiger partial charge in [0.1, 0.15) is 16.5 Å². The van der Waals surface area contributed by atoms with Gasteiger partial charge in [-0.25, -0.2) is 9.78 Å². The van der Waals surface area contributed by atoms with Gasteiger partial charge in [0.2, 0.25) is 0 Å². The highest BCUT2D eigenvalue weighted by atomic mass is 32.1. The van der Waals surface area contributed by atoms with Gasteiger partial charge in [0.15, 0.2) is 5.69 Å². The minimum Gasteiger partial charge on any atom is -0.497 e. The SMILES string of the molecule is COC(=O)c1csc(CN(C(=O)c2ccc(OC)cc2OC)C2CC2)n1. The molecule has 0 unspecified atom stereocenters. The average Bonchev–Trinajstić information content (AvgIpc) is 3.41. The van der Waals surface area contributed by atoms with E-state index in [9.17, 15) is 9.59 Å². The van der Waals surface area contributed by atoms with Crippen molar-refractivity contribution in [1.82, 2.24) is 9.88 Å². The summed E-state index contributed by atoms with van der Waals surface area (Å²) in [4.78, 5) is 30.7. The van der Waals surface area contributed by atoms with Gasteiger partial charge in [0.25, 0.3) is 5.91 Å². The fraction of sp³-hybridized carbons (Fsp3) is 0.389. The maximum absolute atomic E-state index is 13.1. The molecule has 8 heteroatoms. The van der Waals surface area contributed by atoms with Crippen LogP contribution in [0.3, 0.4) is 0 Å². The van der Waals surface area contributed by atoms with Gasteiger partial charge in [-0.05, 0) is 25.0 Å². The van der Waals surface area contributed by atoms with Gasteiger partial charge in [-0.3, -0.25) is 4.79 Å². The van der Waals surface area contributed by atoms with Gasteiger partial charge >= 0.3 is 5.97 Å². The van der Waals surface area contributed by atoms with Gasteiger partial charge in [-0.1, -0.05) is 0 Å². The van der Waals surface area contributed by atoms with Gasteiger partial charge < -0.3 is 19.1 Å². The average molecular weight is 376 g/mol. The van der Waals surface area contributed by atoms with Crippen molar-refractivity contribution in [2.75, 3.05) is 21.3 Å². The number of thiazole rings is 1. The van der Waals surface area contributed by atoms with Crippen LogP contribution in [0.4, 0.5) is 0 Å².